The van der Waals surface area contributed by atoms with Gasteiger partial charge in [0, 0.05) is 19.2 Å². The van der Waals surface area contributed by atoms with Crippen molar-refractivity contribution in [3.63, 3.8) is 0 Å². The number of hydrogen-bond acceptors (Lipinski definition) is 3. The van der Waals surface area contributed by atoms with E-state index in [0.717, 1.165) is 32.5 Å². The Balaban J connectivity index is 1.92. The van der Waals surface area contributed by atoms with E-state index in [-0.39, 0.29) is 5.91 Å². The van der Waals surface area contributed by atoms with Crippen LogP contribution in [0.1, 0.15) is 28.8 Å². The fourth-order valence-corrected chi connectivity index (χ4v) is 2.62. The Morgan fingerprint density at radius 3 is 2.50 bits per heavy atom. The number of piperidine rings is 1. The quantitative estimate of drug-likeness (QED) is 0.844. The average molecular weight is 271 g/mol. The number of nitriles is 1. The van der Waals surface area contributed by atoms with Crippen LogP contribution in [0.2, 0.25) is 0 Å². The SMILES string of the molecule is CN1CCC(CN(C)C(=O)c2ccc(C#N)cc2)CC1. The van der Waals surface area contributed by atoms with E-state index < -0.39 is 0 Å². The fourth-order valence-electron chi connectivity index (χ4n) is 2.62. The molecule has 1 aromatic rings. The number of carbonyl (C=O) groups is 1. The Morgan fingerprint density at radius 1 is 1.35 bits per heavy atom. The van der Waals surface area contributed by atoms with Gasteiger partial charge < -0.3 is 9.80 Å². The molecule has 1 aromatic carbocycles. The monoisotopic (exact) mass is 271 g/mol. The Labute approximate surface area is 120 Å². The van der Waals surface area contributed by atoms with Gasteiger partial charge in [-0.15, -0.1) is 0 Å². The molecule has 1 aliphatic heterocycles. The van der Waals surface area contributed by atoms with Gasteiger partial charge in [-0.05, 0) is 63.2 Å². The lowest BCUT2D eigenvalue weighted by Crippen LogP contribution is -2.37. The lowest BCUT2D eigenvalue weighted by atomic mass is 9.96. The van der Waals surface area contributed by atoms with Crippen LogP contribution < -0.4 is 0 Å². The van der Waals surface area contributed by atoms with Crippen LogP contribution in [0.3, 0.4) is 0 Å². The zero-order valence-corrected chi connectivity index (χ0v) is 12.2. The molecule has 0 aromatic heterocycles. The van der Waals surface area contributed by atoms with Crippen LogP contribution in [0.15, 0.2) is 24.3 Å². The van der Waals surface area contributed by atoms with Crippen molar-refractivity contribution < 1.29 is 4.79 Å². The summed E-state index contributed by atoms with van der Waals surface area (Å²) in [5.74, 6) is 0.631. The lowest BCUT2D eigenvalue weighted by Gasteiger charge is -2.31. The molecule has 4 heteroatoms. The first-order chi connectivity index (χ1) is 9.60. The Morgan fingerprint density at radius 2 is 1.95 bits per heavy atom. The van der Waals surface area contributed by atoms with Crippen molar-refractivity contribution >= 4 is 5.91 Å². The summed E-state index contributed by atoms with van der Waals surface area (Å²) in [6.45, 7) is 3.04. The Hall–Kier alpha value is -1.86. The molecule has 0 saturated carbocycles. The molecule has 0 radical (unpaired) electrons. The normalized spacial score (nSPS) is 16.6. The average Bonchev–Trinajstić information content (AvgIpc) is 2.49. The van der Waals surface area contributed by atoms with E-state index in [9.17, 15) is 4.79 Å². The predicted molar refractivity (Wildman–Crippen MR) is 78.3 cm³/mol. The highest BCUT2D eigenvalue weighted by Crippen LogP contribution is 2.17. The minimum absolute atomic E-state index is 0.0356. The molecule has 0 N–H and O–H groups in total. The molecule has 2 rings (SSSR count). The van der Waals surface area contributed by atoms with E-state index in [0.29, 0.717) is 17.0 Å². The third kappa shape index (κ3) is 3.58. The first-order valence-corrected chi connectivity index (χ1v) is 7.04. The largest absolute Gasteiger partial charge is 0.341 e. The van der Waals surface area contributed by atoms with Gasteiger partial charge in [0.25, 0.3) is 5.91 Å². The molecule has 0 unspecified atom stereocenters. The number of likely N-dealkylation sites (tertiary alicyclic amines) is 1. The molecule has 20 heavy (non-hydrogen) atoms. The molecule has 1 aliphatic rings. The van der Waals surface area contributed by atoms with Crippen LogP contribution in [0.25, 0.3) is 0 Å². The molecule has 0 spiro atoms. The van der Waals surface area contributed by atoms with Crippen molar-refractivity contribution in [2.45, 2.75) is 12.8 Å². The highest BCUT2D eigenvalue weighted by atomic mass is 16.2. The number of benzene rings is 1. The van der Waals surface area contributed by atoms with Crippen LogP contribution in [-0.4, -0.2) is 49.4 Å². The van der Waals surface area contributed by atoms with Crippen LogP contribution in [-0.2, 0) is 0 Å². The maximum atomic E-state index is 12.3. The minimum atomic E-state index is 0.0356. The molecule has 1 heterocycles. The molecule has 1 fully saturated rings. The van der Waals surface area contributed by atoms with Gasteiger partial charge in [0.15, 0.2) is 0 Å². The summed E-state index contributed by atoms with van der Waals surface area (Å²) in [6.07, 6.45) is 2.31. The Kier molecular flexibility index (Phi) is 4.75. The molecule has 0 bridgehead atoms. The number of nitrogens with zero attached hydrogens (tertiary/aromatic N) is 3. The first-order valence-electron chi connectivity index (χ1n) is 7.04. The van der Waals surface area contributed by atoms with Crippen LogP contribution in [0, 0.1) is 17.2 Å². The third-order valence-electron chi connectivity index (χ3n) is 3.98. The van der Waals surface area contributed by atoms with Crippen molar-refractivity contribution in [2.24, 2.45) is 5.92 Å². The second kappa shape index (κ2) is 6.53. The third-order valence-corrected chi connectivity index (χ3v) is 3.98. The van der Waals surface area contributed by atoms with Crippen LogP contribution in [0.4, 0.5) is 0 Å². The smallest absolute Gasteiger partial charge is 0.253 e. The summed E-state index contributed by atoms with van der Waals surface area (Å²) in [7, 11) is 4.00. The van der Waals surface area contributed by atoms with Crippen molar-refractivity contribution in [2.75, 3.05) is 33.7 Å². The minimum Gasteiger partial charge on any atom is -0.341 e. The van der Waals surface area contributed by atoms with E-state index in [1.165, 1.54) is 0 Å². The molecule has 0 aliphatic carbocycles. The van der Waals surface area contributed by atoms with Gasteiger partial charge in [-0.2, -0.15) is 5.26 Å². The molecule has 1 amide bonds. The van der Waals surface area contributed by atoms with Gasteiger partial charge in [-0.25, -0.2) is 0 Å². The van der Waals surface area contributed by atoms with Gasteiger partial charge in [-0.1, -0.05) is 0 Å². The molecule has 0 atom stereocenters. The Bertz CT molecular complexity index is 495. The maximum Gasteiger partial charge on any atom is 0.253 e. The van der Waals surface area contributed by atoms with E-state index in [2.05, 4.69) is 18.0 Å². The van der Waals surface area contributed by atoms with E-state index >= 15 is 0 Å². The second-order valence-electron chi connectivity index (χ2n) is 5.62. The fraction of sp³-hybridized carbons (Fsp3) is 0.500. The number of rotatable bonds is 3. The molecular formula is C16H21N3O. The highest BCUT2D eigenvalue weighted by Gasteiger charge is 2.20. The van der Waals surface area contributed by atoms with Crippen molar-refractivity contribution in [3.8, 4) is 6.07 Å². The van der Waals surface area contributed by atoms with Gasteiger partial charge in [-0.3, -0.25) is 4.79 Å². The summed E-state index contributed by atoms with van der Waals surface area (Å²) in [5.41, 5.74) is 1.24. The topological polar surface area (TPSA) is 47.3 Å². The van der Waals surface area contributed by atoms with E-state index in [1.807, 2.05) is 7.05 Å². The second-order valence-corrected chi connectivity index (χ2v) is 5.62. The number of amides is 1. The van der Waals surface area contributed by atoms with Crippen molar-refractivity contribution in [3.05, 3.63) is 35.4 Å². The number of carbonyl (C=O) groups excluding carboxylic acids is 1. The summed E-state index contributed by atoms with van der Waals surface area (Å²) < 4.78 is 0. The first kappa shape index (κ1) is 14.5. The van der Waals surface area contributed by atoms with Gasteiger partial charge in [0.1, 0.15) is 0 Å². The number of hydrogen-bond donors (Lipinski definition) is 0. The lowest BCUT2D eigenvalue weighted by molar-refractivity contribution is 0.0747. The van der Waals surface area contributed by atoms with Gasteiger partial charge in [0.05, 0.1) is 11.6 Å². The summed E-state index contributed by atoms with van der Waals surface area (Å²) in [6, 6.07) is 8.90. The standard InChI is InChI=1S/C16H21N3O/c1-18-9-7-14(8-10-18)12-19(2)16(20)15-5-3-13(11-17)4-6-15/h3-6,14H,7-10,12H2,1-2H3. The van der Waals surface area contributed by atoms with E-state index in [4.69, 9.17) is 5.26 Å². The molecule has 1 saturated heterocycles. The zero-order valence-electron chi connectivity index (χ0n) is 12.2. The van der Waals surface area contributed by atoms with Gasteiger partial charge in [0.2, 0.25) is 0 Å². The molecule has 4 nitrogen and oxygen atoms in total. The van der Waals surface area contributed by atoms with Crippen LogP contribution >= 0.6 is 0 Å². The predicted octanol–water partition coefficient (Wildman–Crippen LogP) is 1.97. The van der Waals surface area contributed by atoms with Crippen molar-refractivity contribution in [1.82, 2.24) is 9.80 Å². The van der Waals surface area contributed by atoms with E-state index in [1.54, 1.807) is 29.2 Å². The highest BCUT2D eigenvalue weighted by molar-refractivity contribution is 5.94. The van der Waals surface area contributed by atoms with Crippen molar-refractivity contribution in [1.29, 1.82) is 5.26 Å². The zero-order chi connectivity index (χ0) is 14.5. The maximum absolute atomic E-state index is 12.3. The molecule has 106 valence electrons. The summed E-state index contributed by atoms with van der Waals surface area (Å²) in [4.78, 5) is 16.5. The molecular weight excluding hydrogens is 250 g/mol. The summed E-state index contributed by atoms with van der Waals surface area (Å²) in [5, 5.41) is 8.76. The summed E-state index contributed by atoms with van der Waals surface area (Å²) >= 11 is 0. The van der Waals surface area contributed by atoms with Gasteiger partial charge >= 0.3 is 0 Å². The van der Waals surface area contributed by atoms with Crippen LogP contribution in [0.5, 0.6) is 0 Å².